The third kappa shape index (κ3) is 10.5. The summed E-state index contributed by atoms with van der Waals surface area (Å²) in [6, 6.07) is 0. The molecule has 28 heavy (non-hydrogen) atoms. The number of hydrogen-bond donors (Lipinski definition) is 1. The maximum atomic E-state index is 12.7. The zero-order valence-electron chi connectivity index (χ0n) is 18.4. The fourth-order valence-corrected chi connectivity index (χ4v) is 4.35. The molecule has 1 saturated carbocycles. The van der Waals surface area contributed by atoms with Crippen LogP contribution in [-0.2, 0) is 14.3 Å². The van der Waals surface area contributed by atoms with Gasteiger partial charge in [-0.25, -0.2) is 0 Å². The van der Waals surface area contributed by atoms with Crippen LogP contribution in [0, 0.1) is 11.8 Å². The van der Waals surface area contributed by atoms with E-state index in [1.807, 2.05) is 0 Å². The van der Waals surface area contributed by atoms with E-state index >= 15 is 0 Å². The van der Waals surface area contributed by atoms with Gasteiger partial charge in [0.15, 0.2) is 0 Å². The molecule has 0 amide bonds. The summed E-state index contributed by atoms with van der Waals surface area (Å²) in [6.07, 6.45) is 18.4. The van der Waals surface area contributed by atoms with Crippen molar-refractivity contribution in [2.24, 2.45) is 11.8 Å². The fourth-order valence-electron chi connectivity index (χ4n) is 4.35. The largest absolute Gasteiger partial charge is 0.481 e. The Morgan fingerprint density at radius 1 is 0.786 bits per heavy atom. The predicted molar refractivity (Wildman–Crippen MR) is 114 cm³/mol. The summed E-state index contributed by atoms with van der Waals surface area (Å²) >= 11 is 0. The lowest BCUT2D eigenvalue weighted by Crippen LogP contribution is -2.35. The Hall–Kier alpha value is -1.06. The van der Waals surface area contributed by atoms with E-state index < -0.39 is 17.8 Å². The number of carbonyl (C=O) groups excluding carboxylic acids is 1. The maximum Gasteiger partial charge on any atom is 0.310 e. The van der Waals surface area contributed by atoms with Crippen molar-refractivity contribution in [3.63, 3.8) is 0 Å². The third-order valence-corrected chi connectivity index (χ3v) is 6.18. The number of esters is 1. The van der Waals surface area contributed by atoms with Gasteiger partial charge in [0.25, 0.3) is 0 Å². The van der Waals surface area contributed by atoms with E-state index in [0.29, 0.717) is 12.8 Å². The summed E-state index contributed by atoms with van der Waals surface area (Å²) < 4.78 is 5.89. The van der Waals surface area contributed by atoms with Gasteiger partial charge in [-0.2, -0.15) is 0 Å². The van der Waals surface area contributed by atoms with Crippen molar-refractivity contribution in [3.8, 4) is 0 Å². The number of carboxylic acids is 1. The monoisotopic (exact) mass is 396 g/mol. The zero-order chi connectivity index (χ0) is 20.6. The van der Waals surface area contributed by atoms with Crippen molar-refractivity contribution >= 4 is 11.9 Å². The van der Waals surface area contributed by atoms with Crippen LogP contribution in [0.1, 0.15) is 123 Å². The van der Waals surface area contributed by atoms with Crippen LogP contribution in [0.25, 0.3) is 0 Å². The second-order valence-electron chi connectivity index (χ2n) is 8.65. The van der Waals surface area contributed by atoms with Gasteiger partial charge < -0.3 is 9.84 Å². The summed E-state index contributed by atoms with van der Waals surface area (Å²) in [5.41, 5.74) is 0. The van der Waals surface area contributed by atoms with Gasteiger partial charge in [0.2, 0.25) is 0 Å². The van der Waals surface area contributed by atoms with Crippen LogP contribution in [0.15, 0.2) is 0 Å². The minimum Gasteiger partial charge on any atom is -0.481 e. The minimum absolute atomic E-state index is 0.0311. The molecule has 4 heteroatoms. The van der Waals surface area contributed by atoms with Crippen LogP contribution < -0.4 is 0 Å². The highest BCUT2D eigenvalue weighted by Gasteiger charge is 2.37. The SMILES string of the molecule is CCCCCCCCCC(CCCCCC)OC(=O)C1CCCCC1C(=O)O. The topological polar surface area (TPSA) is 63.6 Å². The van der Waals surface area contributed by atoms with Crippen LogP contribution in [0.5, 0.6) is 0 Å². The Kier molecular flexibility index (Phi) is 14.1. The number of carboxylic acid groups (broad SMARTS) is 1. The molecule has 0 aromatic rings. The van der Waals surface area contributed by atoms with Crippen LogP contribution in [-0.4, -0.2) is 23.1 Å². The molecule has 0 spiro atoms. The van der Waals surface area contributed by atoms with Crippen LogP contribution in [0.4, 0.5) is 0 Å². The first-order chi connectivity index (χ1) is 13.6. The quantitative estimate of drug-likeness (QED) is 0.228. The van der Waals surface area contributed by atoms with Gasteiger partial charge in [-0.3, -0.25) is 9.59 Å². The highest BCUT2D eigenvalue weighted by atomic mass is 16.5. The molecule has 0 aliphatic heterocycles. The molecule has 0 heterocycles. The summed E-state index contributed by atoms with van der Waals surface area (Å²) in [5.74, 6) is -2.09. The molecule has 3 unspecified atom stereocenters. The molecular formula is C24H44O4. The maximum absolute atomic E-state index is 12.7. The second-order valence-corrected chi connectivity index (χ2v) is 8.65. The first-order valence-corrected chi connectivity index (χ1v) is 12.0. The van der Waals surface area contributed by atoms with E-state index in [1.54, 1.807) is 0 Å². The van der Waals surface area contributed by atoms with Crippen molar-refractivity contribution in [1.82, 2.24) is 0 Å². The van der Waals surface area contributed by atoms with Crippen molar-refractivity contribution < 1.29 is 19.4 Å². The van der Waals surface area contributed by atoms with E-state index in [0.717, 1.165) is 38.5 Å². The predicted octanol–water partition coefficient (Wildman–Crippen LogP) is 6.90. The molecule has 0 radical (unpaired) electrons. The summed E-state index contributed by atoms with van der Waals surface area (Å²) in [4.78, 5) is 24.2. The van der Waals surface area contributed by atoms with Crippen LogP contribution in [0.3, 0.4) is 0 Å². The molecule has 0 bridgehead atoms. The molecule has 1 N–H and O–H groups in total. The number of carbonyl (C=O) groups is 2. The smallest absolute Gasteiger partial charge is 0.310 e. The first-order valence-electron chi connectivity index (χ1n) is 12.0. The van der Waals surface area contributed by atoms with Crippen molar-refractivity contribution in [3.05, 3.63) is 0 Å². The van der Waals surface area contributed by atoms with Gasteiger partial charge >= 0.3 is 11.9 Å². The molecule has 3 atom stereocenters. The van der Waals surface area contributed by atoms with Gasteiger partial charge in [0, 0.05) is 0 Å². The normalized spacial score (nSPS) is 20.6. The summed E-state index contributed by atoms with van der Waals surface area (Å²) in [6.45, 7) is 4.43. The molecule has 0 aromatic heterocycles. The number of hydrogen-bond acceptors (Lipinski definition) is 3. The van der Waals surface area contributed by atoms with E-state index in [-0.39, 0.29) is 12.1 Å². The Morgan fingerprint density at radius 3 is 1.79 bits per heavy atom. The van der Waals surface area contributed by atoms with Crippen molar-refractivity contribution in [1.29, 1.82) is 0 Å². The van der Waals surface area contributed by atoms with Crippen molar-refractivity contribution in [2.75, 3.05) is 0 Å². The van der Waals surface area contributed by atoms with Crippen LogP contribution >= 0.6 is 0 Å². The Bertz CT molecular complexity index is 421. The number of unbranched alkanes of at least 4 members (excludes halogenated alkanes) is 9. The van der Waals surface area contributed by atoms with Gasteiger partial charge in [-0.05, 0) is 38.5 Å². The standard InChI is InChI=1S/C24H44O4/c1-3-5-7-9-10-11-13-17-20(16-12-8-6-4-2)28-24(27)22-19-15-14-18-21(22)23(25)26/h20-22H,3-19H2,1-2H3,(H,25,26). The summed E-state index contributed by atoms with van der Waals surface area (Å²) in [7, 11) is 0. The molecule has 1 rings (SSSR count). The fraction of sp³-hybridized carbons (Fsp3) is 0.917. The van der Waals surface area contributed by atoms with E-state index in [9.17, 15) is 14.7 Å². The van der Waals surface area contributed by atoms with E-state index in [1.165, 1.54) is 57.8 Å². The van der Waals surface area contributed by atoms with E-state index in [2.05, 4.69) is 13.8 Å². The number of rotatable bonds is 16. The Labute approximate surface area is 172 Å². The first kappa shape index (κ1) is 25.0. The lowest BCUT2D eigenvalue weighted by Gasteiger charge is -2.29. The van der Waals surface area contributed by atoms with Gasteiger partial charge in [-0.15, -0.1) is 0 Å². The molecule has 164 valence electrons. The lowest BCUT2D eigenvalue weighted by molar-refractivity contribution is -0.164. The molecule has 1 aliphatic rings. The third-order valence-electron chi connectivity index (χ3n) is 6.18. The lowest BCUT2D eigenvalue weighted by atomic mass is 9.79. The highest BCUT2D eigenvalue weighted by Crippen LogP contribution is 2.32. The second kappa shape index (κ2) is 15.8. The minimum atomic E-state index is -0.840. The van der Waals surface area contributed by atoms with Gasteiger partial charge in [0.05, 0.1) is 11.8 Å². The molecular weight excluding hydrogens is 352 g/mol. The molecule has 0 aromatic carbocycles. The van der Waals surface area contributed by atoms with Gasteiger partial charge in [-0.1, -0.05) is 84.5 Å². The zero-order valence-corrected chi connectivity index (χ0v) is 18.4. The number of aliphatic carboxylic acids is 1. The summed E-state index contributed by atoms with van der Waals surface area (Å²) in [5, 5.41) is 9.45. The Morgan fingerprint density at radius 2 is 1.25 bits per heavy atom. The number of ether oxygens (including phenoxy) is 1. The highest BCUT2D eigenvalue weighted by molar-refractivity contribution is 5.81. The van der Waals surface area contributed by atoms with Crippen LogP contribution in [0.2, 0.25) is 0 Å². The average Bonchev–Trinajstić information content (AvgIpc) is 2.70. The average molecular weight is 397 g/mol. The molecule has 1 fully saturated rings. The van der Waals surface area contributed by atoms with Gasteiger partial charge in [0.1, 0.15) is 6.10 Å². The van der Waals surface area contributed by atoms with E-state index in [4.69, 9.17) is 4.74 Å². The van der Waals surface area contributed by atoms with Crippen molar-refractivity contribution in [2.45, 2.75) is 129 Å². The molecule has 4 nitrogen and oxygen atoms in total. The molecule has 1 aliphatic carbocycles. The Balaban J connectivity index is 2.45. The molecule has 0 saturated heterocycles.